The normalized spacial score (nSPS) is 10.7. The monoisotopic (exact) mass is 205 g/mol. The smallest absolute Gasteiger partial charge is 0.258 e. The molecule has 2 rings (SSSR count). The van der Waals surface area contributed by atoms with Crippen LogP contribution in [-0.4, -0.2) is 17.1 Å². The minimum absolute atomic E-state index is 0.131. The molecule has 2 N–H and O–H groups in total. The highest BCUT2D eigenvalue weighted by Gasteiger charge is 2.01. The number of fused-ring (bicyclic) bond motifs is 1. The van der Waals surface area contributed by atoms with Gasteiger partial charge in [0, 0.05) is 0 Å². The van der Waals surface area contributed by atoms with Crippen molar-refractivity contribution in [2.24, 2.45) is 0 Å². The van der Waals surface area contributed by atoms with Crippen LogP contribution in [0.1, 0.15) is 5.82 Å². The largest absolute Gasteiger partial charge is 0.309 e. The molecule has 0 aliphatic carbocycles. The van der Waals surface area contributed by atoms with Gasteiger partial charge in [-0.05, 0) is 12.1 Å². The minimum atomic E-state index is -0.131. The topological polar surface area (TPSA) is 67.0 Å². The summed E-state index contributed by atoms with van der Waals surface area (Å²) < 4.78 is 0. The summed E-state index contributed by atoms with van der Waals surface area (Å²) >= 11 is 0. The van der Waals surface area contributed by atoms with Gasteiger partial charge in [-0.3, -0.25) is 4.79 Å². The minimum Gasteiger partial charge on any atom is -0.309 e. The van der Waals surface area contributed by atoms with Crippen LogP contribution >= 0.6 is 0 Å². The summed E-state index contributed by atoms with van der Waals surface area (Å²) in [6.07, 6.45) is 0. The number of hydroxylamine groups is 1. The average molecular weight is 205 g/mol. The van der Waals surface area contributed by atoms with E-state index in [2.05, 4.69) is 20.3 Å². The third-order valence-corrected chi connectivity index (χ3v) is 2.05. The molecule has 0 atom stereocenters. The van der Waals surface area contributed by atoms with E-state index in [1.165, 1.54) is 7.11 Å². The van der Waals surface area contributed by atoms with Crippen molar-refractivity contribution >= 4 is 10.9 Å². The molecule has 1 heterocycles. The Bertz CT molecular complexity index is 521. The van der Waals surface area contributed by atoms with Crippen LogP contribution in [0.25, 0.3) is 10.9 Å². The van der Waals surface area contributed by atoms with E-state index in [0.717, 1.165) is 0 Å². The zero-order valence-electron chi connectivity index (χ0n) is 8.28. The van der Waals surface area contributed by atoms with E-state index >= 15 is 0 Å². The van der Waals surface area contributed by atoms with Crippen molar-refractivity contribution in [1.82, 2.24) is 15.4 Å². The van der Waals surface area contributed by atoms with Gasteiger partial charge in [0.1, 0.15) is 5.82 Å². The van der Waals surface area contributed by atoms with Crippen molar-refractivity contribution in [2.75, 3.05) is 7.11 Å². The predicted octanol–water partition coefficient (Wildman–Crippen LogP) is 0.574. The number of hydrogen-bond donors (Lipinski definition) is 2. The van der Waals surface area contributed by atoms with Crippen molar-refractivity contribution in [3.63, 3.8) is 0 Å². The molecule has 0 bridgehead atoms. The van der Waals surface area contributed by atoms with E-state index in [0.29, 0.717) is 23.3 Å². The summed E-state index contributed by atoms with van der Waals surface area (Å²) in [7, 11) is 1.51. The lowest BCUT2D eigenvalue weighted by molar-refractivity contribution is 0.0849. The molecular formula is C10H11N3O2. The van der Waals surface area contributed by atoms with Crippen LogP contribution in [0.2, 0.25) is 0 Å². The molecule has 5 heteroatoms. The van der Waals surface area contributed by atoms with E-state index in [1.807, 2.05) is 12.1 Å². The molecule has 0 aliphatic rings. The maximum absolute atomic E-state index is 11.6. The molecule has 0 fully saturated rings. The van der Waals surface area contributed by atoms with Gasteiger partial charge in [0.2, 0.25) is 0 Å². The number of nitrogens with one attached hydrogen (secondary N) is 2. The van der Waals surface area contributed by atoms with Crippen LogP contribution in [0, 0.1) is 0 Å². The van der Waals surface area contributed by atoms with Crippen LogP contribution in [0.15, 0.2) is 29.1 Å². The Morgan fingerprint density at radius 2 is 2.27 bits per heavy atom. The highest BCUT2D eigenvalue weighted by molar-refractivity contribution is 5.77. The maximum Gasteiger partial charge on any atom is 0.258 e. The van der Waals surface area contributed by atoms with Gasteiger partial charge in [0.05, 0.1) is 24.6 Å². The fourth-order valence-corrected chi connectivity index (χ4v) is 1.36. The number of H-pyrrole nitrogens is 1. The van der Waals surface area contributed by atoms with Crippen LogP contribution in [-0.2, 0) is 11.4 Å². The molecular weight excluding hydrogens is 194 g/mol. The second-order valence-electron chi connectivity index (χ2n) is 3.06. The first-order valence-electron chi connectivity index (χ1n) is 4.55. The number of para-hydroxylation sites is 1. The van der Waals surface area contributed by atoms with E-state index < -0.39 is 0 Å². The zero-order chi connectivity index (χ0) is 10.7. The number of aromatic amines is 1. The van der Waals surface area contributed by atoms with Crippen molar-refractivity contribution in [3.8, 4) is 0 Å². The van der Waals surface area contributed by atoms with E-state index in [9.17, 15) is 4.79 Å². The molecule has 0 unspecified atom stereocenters. The summed E-state index contributed by atoms with van der Waals surface area (Å²) in [6, 6.07) is 7.21. The first-order valence-corrected chi connectivity index (χ1v) is 4.55. The summed E-state index contributed by atoms with van der Waals surface area (Å²) in [6.45, 7) is 0.372. The Hall–Kier alpha value is -1.72. The van der Waals surface area contributed by atoms with Gasteiger partial charge in [-0.25, -0.2) is 4.98 Å². The van der Waals surface area contributed by atoms with Crippen molar-refractivity contribution in [3.05, 3.63) is 40.4 Å². The Kier molecular flexibility index (Phi) is 2.75. The summed E-state index contributed by atoms with van der Waals surface area (Å²) in [4.78, 5) is 23.2. The Labute approximate surface area is 86.1 Å². The van der Waals surface area contributed by atoms with E-state index in [4.69, 9.17) is 0 Å². The lowest BCUT2D eigenvalue weighted by Crippen LogP contribution is -2.18. The molecule has 2 aromatic rings. The molecule has 15 heavy (non-hydrogen) atoms. The summed E-state index contributed by atoms with van der Waals surface area (Å²) in [5.74, 6) is 0.556. The highest BCUT2D eigenvalue weighted by atomic mass is 16.6. The number of rotatable bonds is 3. The molecule has 5 nitrogen and oxygen atoms in total. The molecule has 0 aliphatic heterocycles. The Morgan fingerprint density at radius 3 is 3.07 bits per heavy atom. The molecule has 0 radical (unpaired) electrons. The van der Waals surface area contributed by atoms with E-state index in [-0.39, 0.29) is 5.56 Å². The predicted molar refractivity (Wildman–Crippen MR) is 56.2 cm³/mol. The van der Waals surface area contributed by atoms with Gasteiger partial charge in [0.25, 0.3) is 5.56 Å². The first-order chi connectivity index (χ1) is 7.31. The number of nitrogens with zero attached hydrogens (tertiary/aromatic N) is 1. The molecule has 0 saturated heterocycles. The number of hydrogen-bond acceptors (Lipinski definition) is 4. The number of benzene rings is 1. The SMILES string of the molecule is CONCc1nc2ccccc2c(=O)[nH]1. The van der Waals surface area contributed by atoms with Gasteiger partial charge >= 0.3 is 0 Å². The second kappa shape index (κ2) is 4.20. The van der Waals surface area contributed by atoms with Gasteiger partial charge in [-0.1, -0.05) is 12.1 Å². The van der Waals surface area contributed by atoms with Crippen LogP contribution in [0.4, 0.5) is 0 Å². The highest BCUT2D eigenvalue weighted by Crippen LogP contribution is 2.05. The fourth-order valence-electron chi connectivity index (χ4n) is 1.36. The number of aromatic nitrogens is 2. The molecule has 0 saturated carbocycles. The lowest BCUT2D eigenvalue weighted by Gasteiger charge is -2.02. The first kappa shape index (κ1) is 9.82. The quantitative estimate of drug-likeness (QED) is 0.719. The Morgan fingerprint density at radius 1 is 1.47 bits per heavy atom. The van der Waals surface area contributed by atoms with Crippen molar-refractivity contribution < 1.29 is 4.84 Å². The third-order valence-electron chi connectivity index (χ3n) is 2.05. The summed E-state index contributed by atoms with van der Waals surface area (Å²) in [5.41, 5.74) is 3.18. The van der Waals surface area contributed by atoms with Gasteiger partial charge < -0.3 is 9.82 Å². The average Bonchev–Trinajstić information content (AvgIpc) is 2.26. The molecule has 0 amide bonds. The van der Waals surface area contributed by atoms with E-state index in [1.54, 1.807) is 12.1 Å². The second-order valence-corrected chi connectivity index (χ2v) is 3.06. The third kappa shape index (κ3) is 2.03. The van der Waals surface area contributed by atoms with Crippen LogP contribution in [0.3, 0.4) is 0 Å². The standard InChI is InChI=1S/C10H11N3O2/c1-15-11-6-9-12-8-5-3-2-4-7(8)10(14)13-9/h2-5,11H,6H2,1H3,(H,12,13,14). The zero-order valence-corrected chi connectivity index (χ0v) is 8.28. The van der Waals surface area contributed by atoms with Gasteiger partial charge in [-0.15, -0.1) is 0 Å². The Balaban J connectivity index is 2.48. The maximum atomic E-state index is 11.6. The van der Waals surface area contributed by atoms with Crippen LogP contribution in [0.5, 0.6) is 0 Å². The van der Waals surface area contributed by atoms with Crippen molar-refractivity contribution in [2.45, 2.75) is 6.54 Å². The molecule has 0 spiro atoms. The molecule has 1 aromatic heterocycles. The van der Waals surface area contributed by atoms with Crippen LogP contribution < -0.4 is 11.0 Å². The molecule has 78 valence electrons. The lowest BCUT2D eigenvalue weighted by atomic mass is 10.2. The van der Waals surface area contributed by atoms with Gasteiger partial charge in [0.15, 0.2) is 0 Å². The van der Waals surface area contributed by atoms with Crippen molar-refractivity contribution in [1.29, 1.82) is 0 Å². The molecule has 1 aromatic carbocycles. The summed E-state index contributed by atoms with van der Waals surface area (Å²) in [5, 5.41) is 0.596. The fraction of sp³-hybridized carbons (Fsp3) is 0.200. The van der Waals surface area contributed by atoms with Gasteiger partial charge in [-0.2, -0.15) is 5.48 Å².